The summed E-state index contributed by atoms with van der Waals surface area (Å²) in [7, 11) is 0. The van der Waals surface area contributed by atoms with Crippen molar-refractivity contribution in [3.8, 4) is 5.19 Å². The molecule has 0 saturated carbocycles. The molecule has 15 heavy (non-hydrogen) atoms. The summed E-state index contributed by atoms with van der Waals surface area (Å²) in [6, 6.07) is 6.47. The van der Waals surface area contributed by atoms with E-state index in [2.05, 4.69) is 26.1 Å². The van der Waals surface area contributed by atoms with Crippen molar-refractivity contribution in [1.82, 2.24) is 10.2 Å². The molecule has 0 aliphatic heterocycles. The predicted molar refractivity (Wildman–Crippen MR) is 58.3 cm³/mol. The Hall–Kier alpha value is -1.01. The fraction of sp³-hybridized carbons (Fsp3) is 0.111. The van der Waals surface area contributed by atoms with Crippen LogP contribution < -0.4 is 4.74 Å². The van der Waals surface area contributed by atoms with Crippen LogP contribution in [0.5, 0.6) is 5.19 Å². The summed E-state index contributed by atoms with van der Waals surface area (Å²) in [6.45, 7) is 0.161. The van der Waals surface area contributed by atoms with E-state index in [0.717, 1.165) is 0 Å². The van der Waals surface area contributed by atoms with E-state index in [1.54, 1.807) is 18.2 Å². The molecule has 0 bridgehead atoms. The molecule has 2 aromatic rings. The van der Waals surface area contributed by atoms with Gasteiger partial charge in [-0.15, -0.1) is 5.10 Å². The highest BCUT2D eigenvalue weighted by Gasteiger charge is 2.05. The highest BCUT2D eigenvalue weighted by molar-refractivity contribution is 9.11. The molecule has 6 heteroatoms. The second-order valence-electron chi connectivity index (χ2n) is 2.70. The van der Waals surface area contributed by atoms with Gasteiger partial charge in [-0.3, -0.25) is 0 Å². The summed E-state index contributed by atoms with van der Waals surface area (Å²) in [5.74, 6) is -0.277. The lowest BCUT2D eigenvalue weighted by atomic mass is 10.2. The van der Waals surface area contributed by atoms with Crippen LogP contribution in [0.1, 0.15) is 5.56 Å². The van der Waals surface area contributed by atoms with Crippen LogP contribution in [0.15, 0.2) is 28.2 Å². The molecule has 0 N–H and O–H groups in total. The molecule has 0 atom stereocenters. The largest absolute Gasteiger partial charge is 0.464 e. The molecule has 2 rings (SSSR count). The normalized spacial score (nSPS) is 10.3. The van der Waals surface area contributed by atoms with Crippen molar-refractivity contribution in [2.45, 2.75) is 6.61 Å². The first-order chi connectivity index (χ1) is 7.25. The zero-order valence-electron chi connectivity index (χ0n) is 7.48. The van der Waals surface area contributed by atoms with Gasteiger partial charge in [0.15, 0.2) is 3.92 Å². The summed E-state index contributed by atoms with van der Waals surface area (Å²) in [4.78, 5) is 0. The Kier molecular flexibility index (Phi) is 3.27. The molecule has 0 spiro atoms. The SMILES string of the molecule is Fc1ccccc1COc1nnc(Br)s1. The number of hydrogen-bond donors (Lipinski definition) is 0. The van der Waals surface area contributed by atoms with E-state index in [-0.39, 0.29) is 12.4 Å². The Bertz CT molecular complexity index is 463. The Morgan fingerprint density at radius 1 is 1.33 bits per heavy atom. The van der Waals surface area contributed by atoms with Gasteiger partial charge in [0.25, 0.3) is 5.19 Å². The number of rotatable bonds is 3. The minimum atomic E-state index is -0.277. The van der Waals surface area contributed by atoms with Crippen molar-refractivity contribution in [2.75, 3.05) is 0 Å². The van der Waals surface area contributed by atoms with E-state index >= 15 is 0 Å². The van der Waals surface area contributed by atoms with E-state index in [4.69, 9.17) is 4.74 Å². The van der Waals surface area contributed by atoms with Gasteiger partial charge in [0.2, 0.25) is 0 Å². The standard InChI is InChI=1S/C9H6BrFN2OS/c10-8-12-13-9(15-8)14-5-6-3-1-2-4-7(6)11/h1-4H,5H2. The number of nitrogens with zero attached hydrogens (tertiary/aromatic N) is 2. The summed E-state index contributed by atoms with van der Waals surface area (Å²) in [5.41, 5.74) is 0.504. The zero-order valence-corrected chi connectivity index (χ0v) is 9.89. The molecule has 78 valence electrons. The number of hydrogen-bond acceptors (Lipinski definition) is 4. The van der Waals surface area contributed by atoms with Crippen LogP contribution in [0.25, 0.3) is 0 Å². The molecule has 0 aliphatic rings. The lowest BCUT2D eigenvalue weighted by molar-refractivity contribution is 0.295. The van der Waals surface area contributed by atoms with E-state index in [1.165, 1.54) is 17.4 Å². The minimum Gasteiger partial charge on any atom is -0.464 e. The third-order valence-corrected chi connectivity index (χ3v) is 2.96. The second-order valence-corrected chi connectivity index (χ2v) is 4.92. The fourth-order valence-corrected chi connectivity index (χ4v) is 1.93. The number of aromatic nitrogens is 2. The van der Waals surface area contributed by atoms with E-state index < -0.39 is 0 Å². The van der Waals surface area contributed by atoms with Gasteiger partial charge in [-0.05, 0) is 33.3 Å². The van der Waals surface area contributed by atoms with Crippen LogP contribution in [-0.2, 0) is 6.61 Å². The Morgan fingerprint density at radius 2 is 2.13 bits per heavy atom. The van der Waals surface area contributed by atoms with Crippen LogP contribution in [0.2, 0.25) is 0 Å². The van der Waals surface area contributed by atoms with Crippen molar-refractivity contribution < 1.29 is 9.13 Å². The highest BCUT2D eigenvalue weighted by atomic mass is 79.9. The van der Waals surface area contributed by atoms with Gasteiger partial charge >= 0.3 is 0 Å². The van der Waals surface area contributed by atoms with E-state index in [1.807, 2.05) is 0 Å². The molecular weight excluding hydrogens is 283 g/mol. The summed E-state index contributed by atoms with van der Waals surface area (Å²) < 4.78 is 19.1. The van der Waals surface area contributed by atoms with Gasteiger partial charge in [-0.2, -0.15) is 0 Å². The molecule has 1 aromatic heterocycles. The molecule has 0 amide bonds. The monoisotopic (exact) mass is 288 g/mol. The molecule has 3 nitrogen and oxygen atoms in total. The third kappa shape index (κ3) is 2.73. The van der Waals surface area contributed by atoms with Crippen LogP contribution in [0.3, 0.4) is 0 Å². The summed E-state index contributed by atoms with van der Waals surface area (Å²) >= 11 is 4.43. The molecular formula is C9H6BrFN2OS. The fourth-order valence-electron chi connectivity index (χ4n) is 1.01. The van der Waals surface area contributed by atoms with Crippen LogP contribution in [0, 0.1) is 5.82 Å². The maximum absolute atomic E-state index is 13.2. The summed E-state index contributed by atoms with van der Waals surface area (Å²) in [6.07, 6.45) is 0. The molecule has 0 saturated heterocycles. The molecule has 0 fully saturated rings. The Balaban J connectivity index is 2.02. The van der Waals surface area contributed by atoms with E-state index in [9.17, 15) is 4.39 Å². The van der Waals surface area contributed by atoms with Crippen molar-refractivity contribution in [2.24, 2.45) is 0 Å². The van der Waals surface area contributed by atoms with Gasteiger partial charge in [0.05, 0.1) is 0 Å². The lowest BCUT2D eigenvalue weighted by Gasteiger charge is -2.02. The van der Waals surface area contributed by atoms with Gasteiger partial charge < -0.3 is 4.74 Å². The topological polar surface area (TPSA) is 35.0 Å². The van der Waals surface area contributed by atoms with Gasteiger partial charge in [0, 0.05) is 5.56 Å². The summed E-state index contributed by atoms with van der Waals surface area (Å²) in [5, 5.41) is 7.88. The van der Waals surface area contributed by atoms with Crippen molar-refractivity contribution in [3.05, 3.63) is 39.6 Å². The first-order valence-corrected chi connectivity index (χ1v) is 5.72. The van der Waals surface area contributed by atoms with Crippen molar-refractivity contribution in [3.63, 3.8) is 0 Å². The molecule has 1 heterocycles. The predicted octanol–water partition coefficient (Wildman–Crippen LogP) is 3.02. The average Bonchev–Trinajstić information content (AvgIpc) is 2.63. The first kappa shape index (κ1) is 10.5. The van der Waals surface area contributed by atoms with Crippen LogP contribution >= 0.6 is 27.3 Å². The van der Waals surface area contributed by atoms with E-state index in [0.29, 0.717) is 14.7 Å². The van der Waals surface area contributed by atoms with Crippen molar-refractivity contribution >= 4 is 27.3 Å². The van der Waals surface area contributed by atoms with Crippen molar-refractivity contribution in [1.29, 1.82) is 0 Å². The highest BCUT2D eigenvalue weighted by Crippen LogP contribution is 2.23. The number of halogens is 2. The third-order valence-electron chi connectivity index (χ3n) is 1.69. The Labute approximate surface area is 98.0 Å². The molecule has 0 unspecified atom stereocenters. The lowest BCUT2D eigenvalue weighted by Crippen LogP contribution is -1.97. The van der Waals surface area contributed by atoms with Crippen LogP contribution in [0.4, 0.5) is 4.39 Å². The van der Waals surface area contributed by atoms with Gasteiger partial charge in [-0.1, -0.05) is 23.3 Å². The zero-order chi connectivity index (χ0) is 10.7. The van der Waals surface area contributed by atoms with Gasteiger partial charge in [-0.25, -0.2) is 4.39 Å². The average molecular weight is 289 g/mol. The molecule has 0 radical (unpaired) electrons. The van der Waals surface area contributed by atoms with Crippen LogP contribution in [-0.4, -0.2) is 10.2 Å². The number of benzene rings is 1. The number of ether oxygens (including phenoxy) is 1. The molecule has 1 aromatic carbocycles. The van der Waals surface area contributed by atoms with Gasteiger partial charge in [0.1, 0.15) is 12.4 Å². The minimum absolute atomic E-state index is 0.161. The molecule has 0 aliphatic carbocycles. The Morgan fingerprint density at radius 3 is 2.80 bits per heavy atom. The first-order valence-electron chi connectivity index (χ1n) is 4.11. The maximum atomic E-state index is 13.2. The smallest absolute Gasteiger partial charge is 0.295 e. The quantitative estimate of drug-likeness (QED) is 0.871. The maximum Gasteiger partial charge on any atom is 0.295 e. The second kappa shape index (κ2) is 4.67.